The van der Waals surface area contributed by atoms with E-state index in [2.05, 4.69) is 49.9 Å². The zero-order valence-corrected chi connectivity index (χ0v) is 14.9. The second-order valence-corrected chi connectivity index (χ2v) is 8.01. The molecule has 1 aromatic carbocycles. The summed E-state index contributed by atoms with van der Waals surface area (Å²) in [5.41, 5.74) is 2.98. The van der Waals surface area contributed by atoms with Gasteiger partial charge in [-0.2, -0.15) is 0 Å². The fraction of sp³-hybridized carbons (Fsp3) is 0.700. The van der Waals surface area contributed by atoms with E-state index in [1.165, 1.54) is 37.1 Å². The minimum absolute atomic E-state index is 0.0232. The van der Waals surface area contributed by atoms with Crippen LogP contribution >= 0.6 is 0 Å². The monoisotopic (exact) mass is 317 g/mol. The van der Waals surface area contributed by atoms with Gasteiger partial charge in [0.15, 0.2) is 6.29 Å². The van der Waals surface area contributed by atoms with Crippen molar-refractivity contribution in [1.29, 1.82) is 0 Å². The normalized spacial score (nSPS) is 26.0. The molecule has 2 aliphatic heterocycles. The third kappa shape index (κ3) is 4.79. The topological polar surface area (TPSA) is 21.7 Å². The molecule has 0 radical (unpaired) electrons. The van der Waals surface area contributed by atoms with Crippen LogP contribution < -0.4 is 0 Å². The Morgan fingerprint density at radius 2 is 1.78 bits per heavy atom. The van der Waals surface area contributed by atoms with E-state index in [4.69, 9.17) is 9.47 Å². The van der Waals surface area contributed by atoms with Gasteiger partial charge in [-0.25, -0.2) is 0 Å². The lowest BCUT2D eigenvalue weighted by atomic mass is 9.86. The number of hydrogen-bond donors (Lipinski definition) is 0. The fourth-order valence-corrected chi connectivity index (χ4v) is 3.46. The van der Waals surface area contributed by atoms with E-state index in [0.29, 0.717) is 0 Å². The van der Waals surface area contributed by atoms with Gasteiger partial charge in [0, 0.05) is 13.0 Å². The number of hydrogen-bond acceptors (Lipinski definition) is 3. The molecule has 0 unspecified atom stereocenters. The lowest BCUT2D eigenvalue weighted by Gasteiger charge is -2.19. The summed E-state index contributed by atoms with van der Waals surface area (Å²) in [6, 6.07) is 9.00. The maximum Gasteiger partial charge on any atom is 0.158 e. The molecule has 0 saturated carbocycles. The van der Waals surface area contributed by atoms with E-state index in [0.717, 1.165) is 26.0 Å². The Kier molecular flexibility index (Phi) is 5.40. The average molecular weight is 317 g/mol. The summed E-state index contributed by atoms with van der Waals surface area (Å²) in [5, 5.41) is 0. The quantitative estimate of drug-likeness (QED) is 0.825. The molecule has 0 amide bonds. The average Bonchev–Trinajstić information content (AvgIpc) is 3.17. The van der Waals surface area contributed by atoms with Crippen molar-refractivity contribution in [3.05, 3.63) is 35.4 Å². The Morgan fingerprint density at radius 3 is 2.43 bits per heavy atom. The van der Waals surface area contributed by atoms with Gasteiger partial charge in [-0.3, -0.25) is 0 Å². The SMILES string of the molecule is CC(C)(C)c1ccc(CC[C@@H]2OC[C@@H](CN3CCCC3)O2)cc1. The number of rotatable bonds is 5. The highest BCUT2D eigenvalue weighted by Crippen LogP contribution is 2.23. The first kappa shape index (κ1) is 16.9. The van der Waals surface area contributed by atoms with Gasteiger partial charge in [0.05, 0.1) is 12.7 Å². The molecule has 23 heavy (non-hydrogen) atoms. The van der Waals surface area contributed by atoms with E-state index >= 15 is 0 Å². The van der Waals surface area contributed by atoms with Gasteiger partial charge in [-0.1, -0.05) is 45.0 Å². The van der Waals surface area contributed by atoms with Gasteiger partial charge in [0.25, 0.3) is 0 Å². The van der Waals surface area contributed by atoms with Gasteiger partial charge in [-0.15, -0.1) is 0 Å². The van der Waals surface area contributed by atoms with Crippen LogP contribution in [0.2, 0.25) is 0 Å². The molecule has 3 nitrogen and oxygen atoms in total. The van der Waals surface area contributed by atoms with Crippen molar-refractivity contribution in [3.8, 4) is 0 Å². The molecule has 0 bridgehead atoms. The van der Waals surface area contributed by atoms with Crippen LogP contribution in [0.1, 0.15) is 51.2 Å². The molecule has 1 aromatic rings. The van der Waals surface area contributed by atoms with Crippen LogP contribution in [0.25, 0.3) is 0 Å². The summed E-state index contributed by atoms with van der Waals surface area (Å²) in [6.45, 7) is 11.0. The molecule has 2 fully saturated rings. The molecular weight excluding hydrogens is 286 g/mol. The fourth-order valence-electron chi connectivity index (χ4n) is 3.46. The molecule has 0 spiro atoms. The summed E-state index contributed by atoms with van der Waals surface area (Å²) >= 11 is 0. The number of nitrogens with zero attached hydrogens (tertiary/aromatic N) is 1. The Morgan fingerprint density at radius 1 is 1.09 bits per heavy atom. The third-order valence-corrected chi connectivity index (χ3v) is 4.96. The van der Waals surface area contributed by atoms with Crippen LogP contribution in [0.4, 0.5) is 0 Å². The Labute approximate surface area is 141 Å². The molecule has 2 heterocycles. The van der Waals surface area contributed by atoms with Gasteiger partial charge >= 0.3 is 0 Å². The summed E-state index contributed by atoms with van der Waals surface area (Å²) in [7, 11) is 0. The van der Waals surface area contributed by atoms with Crippen LogP contribution in [0.15, 0.2) is 24.3 Å². The van der Waals surface area contributed by atoms with Crippen molar-refractivity contribution in [2.24, 2.45) is 0 Å². The molecule has 0 aromatic heterocycles. The first-order chi connectivity index (χ1) is 11.0. The van der Waals surface area contributed by atoms with E-state index in [1.54, 1.807) is 0 Å². The standard InChI is InChI=1S/C20H31NO2/c1-20(2,3)17-9-6-16(7-10-17)8-11-19-22-15-18(23-19)14-21-12-4-5-13-21/h6-7,9-10,18-19H,4-5,8,11-15H2,1-3H3/t18-,19-/m1/s1. The first-order valence-electron chi connectivity index (χ1n) is 9.09. The predicted molar refractivity (Wildman–Crippen MR) is 93.8 cm³/mol. The van der Waals surface area contributed by atoms with Crippen LogP contribution in [-0.4, -0.2) is 43.5 Å². The van der Waals surface area contributed by atoms with Crippen molar-refractivity contribution in [2.75, 3.05) is 26.2 Å². The number of benzene rings is 1. The zero-order chi connectivity index (χ0) is 16.3. The Hall–Kier alpha value is -0.900. The van der Waals surface area contributed by atoms with Crippen molar-refractivity contribution in [3.63, 3.8) is 0 Å². The van der Waals surface area contributed by atoms with Crippen LogP contribution in [0, 0.1) is 0 Å². The maximum atomic E-state index is 6.06. The summed E-state index contributed by atoms with van der Waals surface area (Å²) in [4.78, 5) is 2.50. The van der Waals surface area contributed by atoms with Crippen molar-refractivity contribution in [1.82, 2.24) is 4.90 Å². The third-order valence-electron chi connectivity index (χ3n) is 4.96. The lowest BCUT2D eigenvalue weighted by molar-refractivity contribution is -0.0647. The predicted octanol–water partition coefficient (Wildman–Crippen LogP) is 3.75. The van der Waals surface area contributed by atoms with Crippen molar-refractivity contribution in [2.45, 2.75) is 64.3 Å². The summed E-state index contributed by atoms with van der Waals surface area (Å²) in [5.74, 6) is 0. The number of ether oxygens (including phenoxy) is 2. The minimum atomic E-state index is -0.0232. The molecule has 2 atom stereocenters. The molecule has 0 N–H and O–H groups in total. The Bertz CT molecular complexity index is 485. The molecule has 128 valence electrons. The van der Waals surface area contributed by atoms with Crippen molar-refractivity contribution < 1.29 is 9.47 Å². The van der Waals surface area contributed by atoms with Gasteiger partial charge in [0.2, 0.25) is 0 Å². The number of aryl methyl sites for hydroxylation is 1. The van der Waals surface area contributed by atoms with Crippen LogP contribution in [0.5, 0.6) is 0 Å². The molecule has 0 aliphatic carbocycles. The Balaban J connectivity index is 1.42. The van der Waals surface area contributed by atoms with E-state index in [9.17, 15) is 0 Å². The summed E-state index contributed by atoms with van der Waals surface area (Å²) < 4.78 is 11.9. The largest absolute Gasteiger partial charge is 0.350 e. The van der Waals surface area contributed by atoms with E-state index in [1.807, 2.05) is 0 Å². The molecule has 3 heteroatoms. The lowest BCUT2D eigenvalue weighted by Crippen LogP contribution is -2.31. The molecular formula is C20H31NO2. The minimum Gasteiger partial charge on any atom is -0.350 e. The molecule has 2 saturated heterocycles. The van der Waals surface area contributed by atoms with Crippen LogP contribution in [0.3, 0.4) is 0 Å². The second-order valence-electron chi connectivity index (χ2n) is 8.01. The highest BCUT2D eigenvalue weighted by molar-refractivity contribution is 5.27. The van der Waals surface area contributed by atoms with Gasteiger partial charge in [0.1, 0.15) is 0 Å². The van der Waals surface area contributed by atoms with E-state index in [-0.39, 0.29) is 17.8 Å². The van der Waals surface area contributed by atoms with Gasteiger partial charge in [-0.05, 0) is 48.9 Å². The van der Waals surface area contributed by atoms with Crippen molar-refractivity contribution >= 4 is 0 Å². The maximum absolute atomic E-state index is 6.06. The summed E-state index contributed by atoms with van der Waals surface area (Å²) in [6.07, 6.45) is 4.88. The number of likely N-dealkylation sites (tertiary alicyclic amines) is 1. The van der Waals surface area contributed by atoms with Crippen LogP contribution in [-0.2, 0) is 21.3 Å². The zero-order valence-electron chi connectivity index (χ0n) is 14.9. The van der Waals surface area contributed by atoms with E-state index < -0.39 is 0 Å². The highest BCUT2D eigenvalue weighted by atomic mass is 16.7. The highest BCUT2D eigenvalue weighted by Gasteiger charge is 2.28. The second kappa shape index (κ2) is 7.33. The molecule has 2 aliphatic rings. The molecule has 3 rings (SSSR count). The van der Waals surface area contributed by atoms with Gasteiger partial charge < -0.3 is 14.4 Å². The smallest absolute Gasteiger partial charge is 0.158 e. The first-order valence-corrected chi connectivity index (χ1v) is 9.09.